The summed E-state index contributed by atoms with van der Waals surface area (Å²) < 4.78 is 26.8. The van der Waals surface area contributed by atoms with Gasteiger partial charge in [-0.3, -0.25) is 4.98 Å². The third-order valence-electron chi connectivity index (χ3n) is 2.93. The lowest BCUT2D eigenvalue weighted by Gasteiger charge is -2.19. The van der Waals surface area contributed by atoms with Crippen LogP contribution in [-0.2, 0) is 0 Å². The van der Waals surface area contributed by atoms with E-state index in [0.717, 1.165) is 23.8 Å². The van der Waals surface area contributed by atoms with E-state index in [1.807, 2.05) is 19.1 Å². The Kier molecular flexibility index (Phi) is 3.92. The van der Waals surface area contributed by atoms with E-state index >= 15 is 0 Å². The molecule has 2 rings (SSSR count). The van der Waals surface area contributed by atoms with Crippen molar-refractivity contribution in [3.05, 3.63) is 65.5 Å². The van der Waals surface area contributed by atoms with Crippen LogP contribution in [0.5, 0.6) is 0 Å². The summed E-state index contributed by atoms with van der Waals surface area (Å²) in [7, 11) is 0. The molecule has 0 amide bonds. The molecule has 18 heavy (non-hydrogen) atoms. The van der Waals surface area contributed by atoms with E-state index in [4.69, 9.17) is 11.6 Å². The van der Waals surface area contributed by atoms with Crippen molar-refractivity contribution in [3.63, 3.8) is 0 Å². The zero-order valence-electron chi connectivity index (χ0n) is 9.78. The van der Waals surface area contributed by atoms with Crippen molar-refractivity contribution in [1.29, 1.82) is 0 Å². The van der Waals surface area contributed by atoms with Crippen LogP contribution in [0.4, 0.5) is 8.78 Å². The van der Waals surface area contributed by atoms with Gasteiger partial charge in [0.25, 0.3) is 0 Å². The average Bonchev–Trinajstić information content (AvgIpc) is 2.41. The van der Waals surface area contributed by atoms with E-state index in [1.165, 1.54) is 0 Å². The smallest absolute Gasteiger partial charge is 0.128 e. The van der Waals surface area contributed by atoms with Gasteiger partial charge < -0.3 is 0 Å². The summed E-state index contributed by atoms with van der Waals surface area (Å²) in [5.41, 5.74) is 1.12. The summed E-state index contributed by atoms with van der Waals surface area (Å²) in [6.07, 6.45) is 3.30. The van der Waals surface area contributed by atoms with Crippen LogP contribution in [0.3, 0.4) is 0 Å². The van der Waals surface area contributed by atoms with Gasteiger partial charge in [-0.25, -0.2) is 8.78 Å². The lowest BCUT2D eigenvalue weighted by atomic mass is 9.93. The van der Waals surface area contributed by atoms with E-state index in [1.54, 1.807) is 12.4 Å². The number of halogens is 3. The molecule has 0 aliphatic heterocycles. The van der Waals surface area contributed by atoms with Crippen LogP contribution in [0.2, 0.25) is 0 Å². The van der Waals surface area contributed by atoms with Gasteiger partial charge in [0.2, 0.25) is 0 Å². The Morgan fingerprint density at radius 1 is 1.11 bits per heavy atom. The number of aromatic nitrogens is 1. The first-order chi connectivity index (χ1) is 8.59. The van der Waals surface area contributed by atoms with Crippen molar-refractivity contribution < 1.29 is 8.78 Å². The van der Waals surface area contributed by atoms with Crippen molar-refractivity contribution in [2.75, 3.05) is 0 Å². The highest BCUT2D eigenvalue weighted by atomic mass is 35.5. The molecule has 0 N–H and O–H groups in total. The normalized spacial score (nSPS) is 14.2. The molecule has 1 heterocycles. The largest absolute Gasteiger partial charge is 0.265 e. The van der Waals surface area contributed by atoms with Crippen LogP contribution in [0.15, 0.2) is 42.7 Å². The summed E-state index contributed by atoms with van der Waals surface area (Å²) in [5.74, 6) is -1.11. The van der Waals surface area contributed by atoms with Gasteiger partial charge >= 0.3 is 0 Å². The first kappa shape index (κ1) is 13.0. The minimum atomic E-state index is -0.622. The van der Waals surface area contributed by atoms with E-state index in [2.05, 4.69) is 4.98 Å². The Morgan fingerprint density at radius 2 is 1.78 bits per heavy atom. The first-order valence-corrected chi connectivity index (χ1v) is 6.02. The minimum absolute atomic E-state index is 0.133. The van der Waals surface area contributed by atoms with Crippen molar-refractivity contribution in [1.82, 2.24) is 4.98 Å². The number of hydrogen-bond acceptors (Lipinski definition) is 1. The zero-order valence-corrected chi connectivity index (χ0v) is 10.5. The number of hydrogen-bond donors (Lipinski definition) is 0. The average molecular weight is 268 g/mol. The highest BCUT2D eigenvalue weighted by molar-refractivity contribution is 6.21. The van der Waals surface area contributed by atoms with Crippen LogP contribution >= 0.6 is 11.6 Å². The molecule has 0 aliphatic carbocycles. The molecule has 1 aromatic heterocycles. The van der Waals surface area contributed by atoms with Crippen molar-refractivity contribution >= 4 is 11.6 Å². The monoisotopic (exact) mass is 267 g/mol. The van der Waals surface area contributed by atoms with Crippen molar-refractivity contribution in [2.45, 2.75) is 18.2 Å². The van der Waals surface area contributed by atoms with Gasteiger partial charge in [0.15, 0.2) is 0 Å². The summed E-state index contributed by atoms with van der Waals surface area (Å²) in [6, 6.07) is 6.96. The SMILES string of the molecule is CC(c1ccncc1)C(Cl)c1cc(F)ccc1F. The molecule has 2 unspecified atom stereocenters. The predicted octanol–water partition coefficient (Wildman–Crippen LogP) is 4.44. The maximum absolute atomic E-state index is 13.6. The highest BCUT2D eigenvalue weighted by Crippen LogP contribution is 2.37. The van der Waals surface area contributed by atoms with E-state index in [9.17, 15) is 8.78 Å². The maximum atomic E-state index is 13.6. The summed E-state index contributed by atoms with van der Waals surface area (Å²) in [6.45, 7) is 1.87. The first-order valence-electron chi connectivity index (χ1n) is 5.58. The Balaban J connectivity index is 2.31. The van der Waals surface area contributed by atoms with Gasteiger partial charge in [-0.2, -0.15) is 0 Å². The molecule has 0 fully saturated rings. The fourth-order valence-corrected chi connectivity index (χ4v) is 2.14. The van der Waals surface area contributed by atoms with Gasteiger partial charge in [0, 0.05) is 23.9 Å². The highest BCUT2D eigenvalue weighted by Gasteiger charge is 2.21. The van der Waals surface area contributed by atoms with Crippen LogP contribution in [0.1, 0.15) is 29.3 Å². The fourth-order valence-electron chi connectivity index (χ4n) is 1.83. The van der Waals surface area contributed by atoms with Crippen molar-refractivity contribution in [3.8, 4) is 0 Å². The molecular weight excluding hydrogens is 256 g/mol. The molecule has 0 saturated carbocycles. The molecule has 0 aliphatic rings. The Hall–Kier alpha value is -1.48. The number of nitrogens with zero attached hydrogens (tertiary/aromatic N) is 1. The van der Waals surface area contributed by atoms with E-state index < -0.39 is 17.0 Å². The van der Waals surface area contributed by atoms with Crippen LogP contribution in [-0.4, -0.2) is 4.98 Å². The Morgan fingerprint density at radius 3 is 2.44 bits per heavy atom. The molecule has 0 spiro atoms. The third kappa shape index (κ3) is 2.67. The molecule has 0 saturated heterocycles. The summed E-state index contributed by atoms with van der Waals surface area (Å²) in [4.78, 5) is 3.91. The minimum Gasteiger partial charge on any atom is -0.265 e. The van der Waals surface area contributed by atoms with Gasteiger partial charge in [-0.15, -0.1) is 11.6 Å². The van der Waals surface area contributed by atoms with Crippen molar-refractivity contribution in [2.24, 2.45) is 0 Å². The van der Waals surface area contributed by atoms with E-state index in [-0.39, 0.29) is 11.5 Å². The second-order valence-electron chi connectivity index (χ2n) is 4.14. The fraction of sp³-hybridized carbons (Fsp3) is 0.214. The van der Waals surface area contributed by atoms with Gasteiger partial charge in [0.1, 0.15) is 11.6 Å². The topological polar surface area (TPSA) is 12.9 Å². The maximum Gasteiger partial charge on any atom is 0.128 e. The number of pyridine rings is 1. The lowest BCUT2D eigenvalue weighted by molar-refractivity contribution is 0.571. The molecule has 1 aromatic carbocycles. The van der Waals surface area contributed by atoms with Gasteiger partial charge in [0.05, 0.1) is 5.38 Å². The molecule has 4 heteroatoms. The molecule has 94 valence electrons. The van der Waals surface area contributed by atoms with Crippen LogP contribution < -0.4 is 0 Å². The molecule has 0 radical (unpaired) electrons. The van der Waals surface area contributed by atoms with Crippen LogP contribution in [0.25, 0.3) is 0 Å². The van der Waals surface area contributed by atoms with E-state index in [0.29, 0.717) is 0 Å². The lowest BCUT2D eigenvalue weighted by Crippen LogP contribution is -2.05. The zero-order chi connectivity index (χ0) is 13.1. The van der Waals surface area contributed by atoms with Crippen LogP contribution in [0, 0.1) is 11.6 Å². The molecule has 0 bridgehead atoms. The van der Waals surface area contributed by atoms with Gasteiger partial charge in [-0.05, 0) is 35.9 Å². The standard InChI is InChI=1S/C14H12ClF2N/c1-9(10-4-6-18-7-5-10)14(15)12-8-11(16)2-3-13(12)17/h2-9,14H,1H3. The molecule has 2 aromatic rings. The Bertz CT molecular complexity index is 531. The summed E-state index contributed by atoms with van der Waals surface area (Å²) in [5, 5.41) is -0.622. The Labute approximate surface area is 109 Å². The number of alkyl halides is 1. The second kappa shape index (κ2) is 5.44. The molecular formula is C14H12ClF2N. The third-order valence-corrected chi connectivity index (χ3v) is 3.54. The quantitative estimate of drug-likeness (QED) is 0.749. The molecule has 2 atom stereocenters. The van der Waals surface area contributed by atoms with Gasteiger partial charge in [-0.1, -0.05) is 6.92 Å². The number of rotatable bonds is 3. The summed E-state index contributed by atoms with van der Waals surface area (Å²) >= 11 is 6.24. The predicted molar refractivity (Wildman–Crippen MR) is 67.6 cm³/mol. The number of benzene rings is 1. The second-order valence-corrected chi connectivity index (χ2v) is 4.61. The molecule has 1 nitrogen and oxygen atoms in total.